The van der Waals surface area contributed by atoms with Gasteiger partial charge in [0.25, 0.3) is 0 Å². The molecular weight excluding hydrogens is 226 g/mol. The predicted octanol–water partition coefficient (Wildman–Crippen LogP) is 2.90. The summed E-state index contributed by atoms with van der Waals surface area (Å²) in [5, 5.41) is 3.28. The number of methoxy groups -OCH3 is 2. The highest BCUT2D eigenvalue weighted by atomic mass is 16.5. The van der Waals surface area contributed by atoms with Gasteiger partial charge in [-0.1, -0.05) is 13.8 Å². The van der Waals surface area contributed by atoms with Gasteiger partial charge >= 0.3 is 0 Å². The van der Waals surface area contributed by atoms with E-state index in [1.165, 1.54) is 11.1 Å². The van der Waals surface area contributed by atoms with Gasteiger partial charge in [0.2, 0.25) is 0 Å². The molecule has 1 N–H and O–H groups in total. The molecule has 1 aromatic carbocycles. The molecule has 0 amide bonds. The van der Waals surface area contributed by atoms with Crippen LogP contribution in [0.2, 0.25) is 0 Å². The maximum Gasteiger partial charge on any atom is 0.126 e. The molecule has 1 unspecified atom stereocenters. The Kier molecular flexibility index (Phi) is 5.03. The monoisotopic (exact) mass is 251 g/mol. The number of nitrogens with one attached hydrogen (secondary N) is 1. The van der Waals surface area contributed by atoms with Gasteiger partial charge in [0, 0.05) is 23.6 Å². The van der Waals surface area contributed by atoms with E-state index in [-0.39, 0.29) is 5.41 Å². The van der Waals surface area contributed by atoms with Crippen LogP contribution in [0, 0.1) is 6.92 Å². The van der Waals surface area contributed by atoms with Crippen LogP contribution in [0.1, 0.15) is 31.4 Å². The van der Waals surface area contributed by atoms with Crippen molar-refractivity contribution in [2.75, 3.05) is 27.8 Å². The lowest BCUT2D eigenvalue weighted by molar-refractivity contribution is 0.363. The topological polar surface area (TPSA) is 30.5 Å². The first-order valence-electron chi connectivity index (χ1n) is 6.40. The molecule has 0 saturated heterocycles. The number of aryl methyl sites for hydroxylation is 1. The Hall–Kier alpha value is -1.22. The molecule has 102 valence electrons. The summed E-state index contributed by atoms with van der Waals surface area (Å²) in [6.45, 7) is 7.51. The molecule has 0 aliphatic rings. The first-order chi connectivity index (χ1) is 8.52. The van der Waals surface area contributed by atoms with E-state index in [1.54, 1.807) is 14.2 Å². The molecule has 0 aliphatic carbocycles. The summed E-state index contributed by atoms with van der Waals surface area (Å²) in [4.78, 5) is 0. The van der Waals surface area contributed by atoms with Gasteiger partial charge in [-0.15, -0.1) is 0 Å². The maximum atomic E-state index is 5.56. The fraction of sp³-hybridized carbons (Fsp3) is 0.600. The molecule has 0 saturated carbocycles. The zero-order valence-corrected chi connectivity index (χ0v) is 12.4. The number of hydrogen-bond acceptors (Lipinski definition) is 3. The van der Waals surface area contributed by atoms with Crippen LogP contribution in [0.4, 0.5) is 0 Å². The van der Waals surface area contributed by atoms with Crippen LogP contribution in [0.15, 0.2) is 12.1 Å². The Balaban J connectivity index is 3.37. The molecule has 3 nitrogen and oxygen atoms in total. The Morgan fingerprint density at radius 2 is 1.89 bits per heavy atom. The molecule has 0 spiro atoms. The van der Waals surface area contributed by atoms with Crippen LogP contribution in [0.5, 0.6) is 11.5 Å². The summed E-state index contributed by atoms with van der Waals surface area (Å²) < 4.78 is 10.9. The van der Waals surface area contributed by atoms with Crippen molar-refractivity contribution in [2.45, 2.75) is 32.6 Å². The highest BCUT2D eigenvalue weighted by molar-refractivity contribution is 5.50. The van der Waals surface area contributed by atoms with Crippen molar-refractivity contribution in [2.24, 2.45) is 0 Å². The lowest BCUT2D eigenvalue weighted by Crippen LogP contribution is -2.34. The van der Waals surface area contributed by atoms with Crippen molar-refractivity contribution in [3.63, 3.8) is 0 Å². The molecule has 3 heteroatoms. The Labute approximate surface area is 110 Å². The Bertz CT molecular complexity index is 404. The second-order valence-electron chi connectivity index (χ2n) is 4.97. The Morgan fingerprint density at radius 3 is 2.33 bits per heavy atom. The largest absolute Gasteiger partial charge is 0.497 e. The molecule has 0 fully saturated rings. The number of benzene rings is 1. The second kappa shape index (κ2) is 6.10. The Morgan fingerprint density at radius 1 is 1.22 bits per heavy atom. The number of ether oxygens (including phenoxy) is 2. The highest BCUT2D eigenvalue weighted by Crippen LogP contribution is 2.39. The van der Waals surface area contributed by atoms with E-state index in [0.29, 0.717) is 0 Å². The zero-order valence-electron chi connectivity index (χ0n) is 12.4. The molecule has 1 rings (SSSR count). The lowest BCUT2D eigenvalue weighted by atomic mass is 9.77. The van der Waals surface area contributed by atoms with E-state index in [2.05, 4.69) is 32.2 Å². The lowest BCUT2D eigenvalue weighted by Gasteiger charge is -2.32. The van der Waals surface area contributed by atoms with Crippen LogP contribution in [0.3, 0.4) is 0 Å². The summed E-state index contributed by atoms with van der Waals surface area (Å²) in [6, 6.07) is 4.04. The minimum Gasteiger partial charge on any atom is -0.497 e. The van der Waals surface area contributed by atoms with Gasteiger partial charge in [0.15, 0.2) is 0 Å². The van der Waals surface area contributed by atoms with Gasteiger partial charge in [0.1, 0.15) is 11.5 Å². The van der Waals surface area contributed by atoms with Gasteiger partial charge in [-0.05, 0) is 32.0 Å². The van der Waals surface area contributed by atoms with Crippen molar-refractivity contribution in [1.82, 2.24) is 5.32 Å². The fourth-order valence-corrected chi connectivity index (χ4v) is 2.56. The standard InChI is InChI=1S/C15H25NO2/c1-7-15(3,10-16-4)14-11(2)8-12(17-5)9-13(14)18-6/h8-9,16H,7,10H2,1-6H3. The van der Waals surface area contributed by atoms with Gasteiger partial charge < -0.3 is 14.8 Å². The van der Waals surface area contributed by atoms with Crippen molar-refractivity contribution in [3.05, 3.63) is 23.3 Å². The minimum absolute atomic E-state index is 0.0659. The number of likely N-dealkylation sites (N-methyl/N-ethyl adjacent to an activating group) is 1. The summed E-state index contributed by atoms with van der Waals surface area (Å²) in [5.74, 6) is 1.75. The average Bonchev–Trinajstić information content (AvgIpc) is 2.37. The van der Waals surface area contributed by atoms with Crippen LogP contribution in [0.25, 0.3) is 0 Å². The van der Waals surface area contributed by atoms with E-state index < -0.39 is 0 Å². The number of rotatable bonds is 6. The van der Waals surface area contributed by atoms with E-state index in [4.69, 9.17) is 9.47 Å². The quantitative estimate of drug-likeness (QED) is 0.843. The summed E-state index contributed by atoms with van der Waals surface area (Å²) in [6.07, 6.45) is 1.05. The van der Waals surface area contributed by atoms with Crippen LogP contribution in [-0.2, 0) is 5.41 Å². The summed E-state index contributed by atoms with van der Waals surface area (Å²) in [7, 11) is 5.38. The molecule has 1 aromatic rings. The summed E-state index contributed by atoms with van der Waals surface area (Å²) >= 11 is 0. The zero-order chi connectivity index (χ0) is 13.8. The molecule has 18 heavy (non-hydrogen) atoms. The van der Waals surface area contributed by atoms with E-state index in [9.17, 15) is 0 Å². The molecular formula is C15H25NO2. The third-order valence-corrected chi connectivity index (χ3v) is 3.68. The van der Waals surface area contributed by atoms with Gasteiger partial charge in [-0.3, -0.25) is 0 Å². The SMILES string of the molecule is CCC(C)(CNC)c1c(C)cc(OC)cc1OC. The van der Waals surface area contributed by atoms with E-state index in [0.717, 1.165) is 24.5 Å². The van der Waals surface area contributed by atoms with Gasteiger partial charge in [-0.25, -0.2) is 0 Å². The third-order valence-electron chi connectivity index (χ3n) is 3.68. The third kappa shape index (κ3) is 2.78. The fourth-order valence-electron chi connectivity index (χ4n) is 2.56. The van der Waals surface area contributed by atoms with Crippen LogP contribution < -0.4 is 14.8 Å². The summed E-state index contributed by atoms with van der Waals surface area (Å²) in [5.41, 5.74) is 2.55. The molecule has 0 bridgehead atoms. The first kappa shape index (κ1) is 14.8. The molecule has 0 radical (unpaired) electrons. The van der Waals surface area contributed by atoms with E-state index >= 15 is 0 Å². The van der Waals surface area contributed by atoms with Gasteiger partial charge in [0.05, 0.1) is 14.2 Å². The average molecular weight is 251 g/mol. The molecule has 0 aliphatic heterocycles. The molecule has 0 heterocycles. The molecule has 0 aromatic heterocycles. The van der Waals surface area contributed by atoms with Crippen LogP contribution in [-0.4, -0.2) is 27.8 Å². The molecule has 1 atom stereocenters. The van der Waals surface area contributed by atoms with Crippen molar-refractivity contribution in [3.8, 4) is 11.5 Å². The minimum atomic E-state index is 0.0659. The van der Waals surface area contributed by atoms with Crippen molar-refractivity contribution < 1.29 is 9.47 Å². The van der Waals surface area contributed by atoms with Crippen molar-refractivity contribution in [1.29, 1.82) is 0 Å². The van der Waals surface area contributed by atoms with E-state index in [1.807, 2.05) is 13.1 Å². The van der Waals surface area contributed by atoms with Crippen molar-refractivity contribution >= 4 is 0 Å². The van der Waals surface area contributed by atoms with Gasteiger partial charge in [-0.2, -0.15) is 0 Å². The van der Waals surface area contributed by atoms with Crippen LogP contribution >= 0.6 is 0 Å². The highest BCUT2D eigenvalue weighted by Gasteiger charge is 2.29. The smallest absolute Gasteiger partial charge is 0.126 e. The second-order valence-corrected chi connectivity index (χ2v) is 4.97. The number of hydrogen-bond donors (Lipinski definition) is 1. The maximum absolute atomic E-state index is 5.56. The first-order valence-corrected chi connectivity index (χ1v) is 6.40. The normalized spacial score (nSPS) is 14.1. The predicted molar refractivity (Wildman–Crippen MR) is 75.9 cm³/mol.